The lowest BCUT2D eigenvalue weighted by Gasteiger charge is -2.05. The van der Waals surface area contributed by atoms with Crippen LogP contribution in [0.2, 0.25) is 0 Å². The van der Waals surface area contributed by atoms with Crippen LogP contribution in [0, 0.1) is 6.92 Å². The van der Waals surface area contributed by atoms with Crippen molar-refractivity contribution in [2.75, 3.05) is 5.32 Å². The Morgan fingerprint density at radius 3 is 3.06 bits per heavy atom. The highest BCUT2D eigenvalue weighted by molar-refractivity contribution is 5.81. The summed E-state index contributed by atoms with van der Waals surface area (Å²) >= 11 is 0. The van der Waals surface area contributed by atoms with Gasteiger partial charge in [-0.1, -0.05) is 0 Å². The maximum atomic E-state index is 4.31. The van der Waals surface area contributed by atoms with Gasteiger partial charge < -0.3 is 10.3 Å². The Labute approximate surface area is 103 Å². The molecule has 7 nitrogen and oxygen atoms in total. The summed E-state index contributed by atoms with van der Waals surface area (Å²) in [6.45, 7) is 2.44. The van der Waals surface area contributed by atoms with E-state index in [0.29, 0.717) is 18.0 Å². The predicted octanol–water partition coefficient (Wildman–Crippen LogP) is 1.06. The molecule has 0 aliphatic heterocycles. The van der Waals surface area contributed by atoms with E-state index >= 15 is 0 Å². The number of aromatic nitrogens is 6. The van der Waals surface area contributed by atoms with E-state index in [4.69, 9.17) is 0 Å². The molecule has 2 N–H and O–H groups in total. The fourth-order valence-electron chi connectivity index (χ4n) is 1.68. The van der Waals surface area contributed by atoms with Crippen molar-refractivity contribution in [3.8, 4) is 0 Å². The van der Waals surface area contributed by atoms with E-state index in [9.17, 15) is 0 Å². The molecule has 0 radical (unpaired) electrons. The Bertz CT molecular complexity index is 676. The number of rotatable bonds is 3. The molecule has 0 aromatic carbocycles. The summed E-state index contributed by atoms with van der Waals surface area (Å²) in [5, 5.41) is 3.20. The Morgan fingerprint density at radius 1 is 1.22 bits per heavy atom. The lowest BCUT2D eigenvalue weighted by Crippen LogP contribution is -2.05. The number of anilines is 1. The van der Waals surface area contributed by atoms with E-state index in [1.54, 1.807) is 12.5 Å². The van der Waals surface area contributed by atoms with E-state index in [-0.39, 0.29) is 0 Å². The van der Waals surface area contributed by atoms with Crippen molar-refractivity contribution in [1.82, 2.24) is 29.9 Å². The molecular formula is C11H11N7. The second kappa shape index (κ2) is 4.36. The number of hydrogen-bond acceptors (Lipinski definition) is 6. The van der Waals surface area contributed by atoms with Gasteiger partial charge in [-0.3, -0.25) is 0 Å². The number of aromatic amines is 1. The van der Waals surface area contributed by atoms with Crippen LogP contribution in [0.4, 0.5) is 5.82 Å². The Balaban J connectivity index is 1.83. The van der Waals surface area contributed by atoms with Gasteiger partial charge >= 0.3 is 0 Å². The first-order chi connectivity index (χ1) is 8.83. The second-order valence-electron chi connectivity index (χ2n) is 3.77. The van der Waals surface area contributed by atoms with Gasteiger partial charge in [0, 0.05) is 6.20 Å². The average molecular weight is 241 g/mol. The molecule has 3 heterocycles. The van der Waals surface area contributed by atoms with Crippen LogP contribution in [0.25, 0.3) is 11.2 Å². The molecule has 18 heavy (non-hydrogen) atoms. The molecule has 0 aliphatic rings. The molecule has 0 saturated heterocycles. The summed E-state index contributed by atoms with van der Waals surface area (Å²) in [4.78, 5) is 23.7. The summed E-state index contributed by atoms with van der Waals surface area (Å²) in [7, 11) is 0. The molecule has 3 aromatic heterocycles. The highest BCUT2D eigenvalue weighted by Gasteiger charge is 2.05. The third kappa shape index (κ3) is 1.97. The van der Waals surface area contributed by atoms with Crippen LogP contribution in [-0.4, -0.2) is 29.9 Å². The normalized spacial score (nSPS) is 10.7. The third-order valence-electron chi connectivity index (χ3n) is 2.49. The number of fused-ring (bicyclic) bond motifs is 1. The molecule has 90 valence electrons. The Kier molecular flexibility index (Phi) is 2.56. The molecule has 0 unspecified atom stereocenters. The minimum Gasteiger partial charge on any atom is -0.363 e. The van der Waals surface area contributed by atoms with Gasteiger partial charge in [-0.05, 0) is 13.0 Å². The third-order valence-corrected chi connectivity index (χ3v) is 2.49. The lowest BCUT2D eigenvalue weighted by atomic mass is 10.4. The quantitative estimate of drug-likeness (QED) is 0.712. The summed E-state index contributed by atoms with van der Waals surface area (Å²) < 4.78 is 0. The van der Waals surface area contributed by atoms with Crippen LogP contribution >= 0.6 is 0 Å². The molecule has 3 aromatic rings. The second-order valence-corrected chi connectivity index (χ2v) is 3.77. The summed E-state index contributed by atoms with van der Waals surface area (Å²) in [6, 6.07) is 1.87. The minimum absolute atomic E-state index is 0.578. The fraction of sp³-hybridized carbons (Fsp3) is 0.182. The van der Waals surface area contributed by atoms with Gasteiger partial charge in [-0.15, -0.1) is 0 Å². The van der Waals surface area contributed by atoms with Crippen molar-refractivity contribution in [3.63, 3.8) is 0 Å². The van der Waals surface area contributed by atoms with Gasteiger partial charge in [-0.2, -0.15) is 0 Å². The molecule has 0 atom stereocenters. The van der Waals surface area contributed by atoms with Gasteiger partial charge in [0.15, 0.2) is 11.5 Å². The summed E-state index contributed by atoms with van der Waals surface area (Å²) in [5.74, 6) is 1.47. The molecule has 0 fully saturated rings. The standard InChI is InChI=1S/C11H11N7/c1-7-12-3-2-8(18-7)4-13-10-9-11(15-5-14-9)17-6-16-10/h2-3,5-6H,4H2,1H3,(H2,13,14,15,16,17). The zero-order chi connectivity index (χ0) is 12.4. The Morgan fingerprint density at radius 2 is 2.17 bits per heavy atom. The van der Waals surface area contributed by atoms with E-state index in [2.05, 4.69) is 35.2 Å². The highest BCUT2D eigenvalue weighted by atomic mass is 15.1. The molecule has 0 saturated carbocycles. The summed E-state index contributed by atoms with van der Waals surface area (Å²) in [6.07, 6.45) is 4.82. The monoisotopic (exact) mass is 241 g/mol. The SMILES string of the molecule is Cc1nccc(CNc2ncnc3nc[nH]c23)n1. The number of aryl methyl sites for hydroxylation is 1. The van der Waals surface area contributed by atoms with Crippen molar-refractivity contribution < 1.29 is 0 Å². The largest absolute Gasteiger partial charge is 0.363 e. The van der Waals surface area contributed by atoms with Crippen LogP contribution in [0.5, 0.6) is 0 Å². The first kappa shape index (κ1) is 10.6. The predicted molar refractivity (Wildman–Crippen MR) is 65.8 cm³/mol. The molecule has 3 rings (SSSR count). The maximum Gasteiger partial charge on any atom is 0.182 e. The lowest BCUT2D eigenvalue weighted by molar-refractivity contribution is 0.950. The van der Waals surface area contributed by atoms with Crippen molar-refractivity contribution in [2.24, 2.45) is 0 Å². The molecule has 7 heteroatoms. The maximum absolute atomic E-state index is 4.31. The minimum atomic E-state index is 0.578. The first-order valence-corrected chi connectivity index (χ1v) is 5.49. The van der Waals surface area contributed by atoms with Crippen LogP contribution in [0.3, 0.4) is 0 Å². The zero-order valence-corrected chi connectivity index (χ0v) is 9.75. The van der Waals surface area contributed by atoms with Gasteiger partial charge in [-0.25, -0.2) is 24.9 Å². The van der Waals surface area contributed by atoms with Crippen LogP contribution in [0.1, 0.15) is 11.5 Å². The highest BCUT2D eigenvalue weighted by Crippen LogP contribution is 2.14. The van der Waals surface area contributed by atoms with Crippen LogP contribution in [0.15, 0.2) is 24.9 Å². The molecular weight excluding hydrogens is 230 g/mol. The molecule has 0 aliphatic carbocycles. The fourth-order valence-corrected chi connectivity index (χ4v) is 1.68. The van der Waals surface area contributed by atoms with Crippen molar-refractivity contribution in [1.29, 1.82) is 0 Å². The van der Waals surface area contributed by atoms with Crippen LogP contribution < -0.4 is 5.32 Å². The van der Waals surface area contributed by atoms with Gasteiger partial charge in [0.1, 0.15) is 17.7 Å². The smallest absolute Gasteiger partial charge is 0.182 e. The number of hydrogen-bond donors (Lipinski definition) is 2. The van der Waals surface area contributed by atoms with E-state index in [1.165, 1.54) is 6.33 Å². The van der Waals surface area contributed by atoms with E-state index in [0.717, 1.165) is 17.0 Å². The number of nitrogens with one attached hydrogen (secondary N) is 2. The van der Waals surface area contributed by atoms with E-state index < -0.39 is 0 Å². The van der Waals surface area contributed by atoms with Gasteiger partial charge in [0.05, 0.1) is 18.6 Å². The Hall–Kier alpha value is -2.57. The summed E-state index contributed by atoms with van der Waals surface area (Å²) in [5.41, 5.74) is 2.35. The van der Waals surface area contributed by atoms with Gasteiger partial charge in [0.25, 0.3) is 0 Å². The molecule has 0 bridgehead atoms. The number of H-pyrrole nitrogens is 1. The molecule has 0 amide bonds. The number of nitrogens with zero attached hydrogens (tertiary/aromatic N) is 5. The van der Waals surface area contributed by atoms with Gasteiger partial charge in [0.2, 0.25) is 0 Å². The average Bonchev–Trinajstić information content (AvgIpc) is 2.85. The number of imidazole rings is 1. The van der Waals surface area contributed by atoms with Crippen LogP contribution in [-0.2, 0) is 6.54 Å². The van der Waals surface area contributed by atoms with Crippen molar-refractivity contribution in [3.05, 3.63) is 36.4 Å². The van der Waals surface area contributed by atoms with Crippen molar-refractivity contribution in [2.45, 2.75) is 13.5 Å². The zero-order valence-electron chi connectivity index (χ0n) is 9.75. The first-order valence-electron chi connectivity index (χ1n) is 5.49. The molecule has 0 spiro atoms. The van der Waals surface area contributed by atoms with E-state index in [1.807, 2.05) is 13.0 Å². The topological polar surface area (TPSA) is 92.3 Å². The van der Waals surface area contributed by atoms with Crippen molar-refractivity contribution >= 4 is 17.0 Å².